The van der Waals surface area contributed by atoms with E-state index < -0.39 is 0 Å². The fraction of sp³-hybridized carbons (Fsp3) is 0.688. The molecule has 0 spiro atoms. The maximum absolute atomic E-state index is 11.4. The molecule has 0 saturated heterocycles. The molecule has 0 amide bonds. The Kier molecular flexibility index (Phi) is 11.7. The van der Waals surface area contributed by atoms with Gasteiger partial charge in [-0.05, 0) is 18.6 Å². The quantitative estimate of drug-likeness (QED) is 0.283. The van der Waals surface area contributed by atoms with E-state index in [-0.39, 0.29) is 12.1 Å². The molecule has 0 aromatic carbocycles. The molecule has 0 unspecified atom stereocenters. The summed E-state index contributed by atoms with van der Waals surface area (Å²) in [6.07, 6.45) is 13.2. The van der Waals surface area contributed by atoms with Gasteiger partial charge in [-0.2, -0.15) is 0 Å². The van der Waals surface area contributed by atoms with Gasteiger partial charge in [0, 0.05) is 6.42 Å². The van der Waals surface area contributed by atoms with Crippen molar-refractivity contribution in [3.8, 4) is 0 Å². The molecule has 104 valence electrons. The minimum Gasteiger partial charge on any atom is -0.454 e. The van der Waals surface area contributed by atoms with Crippen molar-refractivity contribution in [2.45, 2.75) is 70.8 Å². The zero-order chi connectivity index (χ0) is 13.6. The summed E-state index contributed by atoms with van der Waals surface area (Å²) < 4.78 is 5.13. The Balaban J connectivity index is 3.35. The summed E-state index contributed by atoms with van der Waals surface area (Å²) >= 11 is 0. The lowest BCUT2D eigenvalue weighted by atomic mass is 10.1. The van der Waals surface area contributed by atoms with Crippen molar-refractivity contribution in [1.29, 1.82) is 0 Å². The predicted molar refractivity (Wildman–Crippen MR) is 77.5 cm³/mol. The second-order valence-corrected chi connectivity index (χ2v) is 4.65. The Bertz CT molecular complexity index is 225. The molecule has 0 heterocycles. The first-order valence-corrected chi connectivity index (χ1v) is 7.19. The van der Waals surface area contributed by atoms with Gasteiger partial charge in [-0.1, -0.05) is 65.0 Å². The number of hydrogen-bond donors (Lipinski definition) is 0. The fourth-order valence-electron chi connectivity index (χ4n) is 1.81. The lowest BCUT2D eigenvalue weighted by Gasteiger charge is -2.09. The van der Waals surface area contributed by atoms with E-state index >= 15 is 0 Å². The summed E-state index contributed by atoms with van der Waals surface area (Å²) in [7, 11) is 0. The standard InChI is InChI=1S/C16H28O2/c1-4-7-8-9-10-11-12-13-14-16(17)18-15(5-2)6-3/h5-6,15H,2-4,7-14H2,1H3. The molecule has 0 fully saturated rings. The Morgan fingerprint density at radius 2 is 1.50 bits per heavy atom. The van der Waals surface area contributed by atoms with Gasteiger partial charge >= 0.3 is 5.97 Å². The summed E-state index contributed by atoms with van der Waals surface area (Å²) in [5.74, 6) is -0.147. The van der Waals surface area contributed by atoms with Crippen LogP contribution in [0.15, 0.2) is 25.3 Å². The molecule has 2 nitrogen and oxygen atoms in total. The van der Waals surface area contributed by atoms with Crippen LogP contribution in [-0.2, 0) is 9.53 Å². The van der Waals surface area contributed by atoms with E-state index in [0.717, 1.165) is 12.8 Å². The minimum atomic E-state index is -0.341. The molecule has 0 aliphatic carbocycles. The molecule has 2 heteroatoms. The van der Waals surface area contributed by atoms with Gasteiger partial charge in [0.05, 0.1) is 0 Å². The smallest absolute Gasteiger partial charge is 0.306 e. The van der Waals surface area contributed by atoms with Crippen molar-refractivity contribution < 1.29 is 9.53 Å². The SMILES string of the molecule is C=CC(C=C)OC(=O)CCCCCCCCCC. The van der Waals surface area contributed by atoms with Crippen LogP contribution < -0.4 is 0 Å². The summed E-state index contributed by atoms with van der Waals surface area (Å²) in [5.41, 5.74) is 0. The number of carbonyl (C=O) groups is 1. The van der Waals surface area contributed by atoms with Crippen LogP contribution in [0.25, 0.3) is 0 Å². The third kappa shape index (κ3) is 10.1. The summed E-state index contributed by atoms with van der Waals surface area (Å²) in [5, 5.41) is 0. The monoisotopic (exact) mass is 252 g/mol. The van der Waals surface area contributed by atoms with Crippen LogP contribution in [0.4, 0.5) is 0 Å². The third-order valence-corrected chi connectivity index (χ3v) is 2.97. The molecule has 0 aromatic heterocycles. The topological polar surface area (TPSA) is 26.3 Å². The lowest BCUT2D eigenvalue weighted by Crippen LogP contribution is -2.12. The minimum absolute atomic E-state index is 0.147. The van der Waals surface area contributed by atoms with Crippen molar-refractivity contribution in [3.05, 3.63) is 25.3 Å². The summed E-state index contributed by atoms with van der Waals surface area (Å²) in [6, 6.07) is 0. The van der Waals surface area contributed by atoms with Gasteiger partial charge in [-0.25, -0.2) is 0 Å². The van der Waals surface area contributed by atoms with Crippen LogP contribution in [-0.4, -0.2) is 12.1 Å². The highest BCUT2D eigenvalue weighted by molar-refractivity contribution is 5.69. The number of esters is 1. The van der Waals surface area contributed by atoms with Crippen LogP contribution in [0.2, 0.25) is 0 Å². The molecule has 0 aromatic rings. The van der Waals surface area contributed by atoms with E-state index in [1.165, 1.54) is 38.5 Å². The maximum Gasteiger partial charge on any atom is 0.306 e. The van der Waals surface area contributed by atoms with Crippen molar-refractivity contribution in [3.63, 3.8) is 0 Å². The van der Waals surface area contributed by atoms with Gasteiger partial charge in [-0.15, -0.1) is 0 Å². The van der Waals surface area contributed by atoms with Crippen molar-refractivity contribution >= 4 is 5.97 Å². The molecule has 0 radical (unpaired) electrons. The van der Waals surface area contributed by atoms with Crippen LogP contribution in [0.3, 0.4) is 0 Å². The molecule has 0 saturated carbocycles. The molecular formula is C16H28O2. The van der Waals surface area contributed by atoms with E-state index in [1.807, 2.05) is 0 Å². The van der Waals surface area contributed by atoms with E-state index in [2.05, 4.69) is 20.1 Å². The Morgan fingerprint density at radius 3 is 2.00 bits per heavy atom. The highest BCUT2D eigenvalue weighted by atomic mass is 16.5. The van der Waals surface area contributed by atoms with Crippen molar-refractivity contribution in [2.24, 2.45) is 0 Å². The van der Waals surface area contributed by atoms with Crippen molar-refractivity contribution in [1.82, 2.24) is 0 Å². The van der Waals surface area contributed by atoms with Gasteiger partial charge < -0.3 is 4.74 Å². The lowest BCUT2D eigenvalue weighted by molar-refractivity contribution is -0.145. The Morgan fingerprint density at radius 1 is 1.00 bits per heavy atom. The van der Waals surface area contributed by atoms with Crippen LogP contribution in [0, 0.1) is 0 Å². The molecule has 18 heavy (non-hydrogen) atoms. The molecule has 0 N–H and O–H groups in total. The highest BCUT2D eigenvalue weighted by Gasteiger charge is 2.06. The third-order valence-electron chi connectivity index (χ3n) is 2.97. The van der Waals surface area contributed by atoms with Crippen LogP contribution >= 0.6 is 0 Å². The second kappa shape index (κ2) is 12.4. The summed E-state index contributed by atoms with van der Waals surface area (Å²) in [6.45, 7) is 9.39. The zero-order valence-electron chi connectivity index (χ0n) is 11.8. The molecular weight excluding hydrogens is 224 g/mol. The van der Waals surface area contributed by atoms with Gasteiger partial charge in [0.2, 0.25) is 0 Å². The second-order valence-electron chi connectivity index (χ2n) is 4.65. The normalized spacial score (nSPS) is 10.3. The van der Waals surface area contributed by atoms with E-state index in [1.54, 1.807) is 12.2 Å². The van der Waals surface area contributed by atoms with Crippen molar-refractivity contribution in [2.75, 3.05) is 0 Å². The highest BCUT2D eigenvalue weighted by Crippen LogP contribution is 2.10. The predicted octanol–water partition coefficient (Wildman–Crippen LogP) is 4.80. The zero-order valence-corrected chi connectivity index (χ0v) is 11.8. The molecule has 0 aliphatic heterocycles. The average Bonchev–Trinajstić information content (AvgIpc) is 2.39. The number of ether oxygens (including phenoxy) is 1. The molecule has 0 bridgehead atoms. The summed E-state index contributed by atoms with van der Waals surface area (Å²) in [4.78, 5) is 11.4. The number of unbranched alkanes of at least 4 members (excludes halogenated alkanes) is 7. The van der Waals surface area contributed by atoms with E-state index in [4.69, 9.17) is 4.74 Å². The maximum atomic E-state index is 11.4. The van der Waals surface area contributed by atoms with Crippen LogP contribution in [0.5, 0.6) is 0 Å². The number of carbonyl (C=O) groups excluding carboxylic acids is 1. The molecule has 0 atom stereocenters. The first kappa shape index (κ1) is 16.9. The van der Waals surface area contributed by atoms with Gasteiger partial charge in [0.25, 0.3) is 0 Å². The van der Waals surface area contributed by atoms with Crippen LogP contribution in [0.1, 0.15) is 64.7 Å². The largest absolute Gasteiger partial charge is 0.454 e. The Hall–Kier alpha value is -1.05. The van der Waals surface area contributed by atoms with E-state index in [9.17, 15) is 4.79 Å². The first-order valence-electron chi connectivity index (χ1n) is 7.19. The number of hydrogen-bond acceptors (Lipinski definition) is 2. The average molecular weight is 252 g/mol. The first-order chi connectivity index (χ1) is 8.74. The van der Waals surface area contributed by atoms with Gasteiger partial charge in [0.1, 0.15) is 6.10 Å². The van der Waals surface area contributed by atoms with Gasteiger partial charge in [0.15, 0.2) is 0 Å². The Labute approximate surface area is 112 Å². The van der Waals surface area contributed by atoms with E-state index in [0.29, 0.717) is 6.42 Å². The fourth-order valence-corrected chi connectivity index (χ4v) is 1.81. The number of rotatable bonds is 12. The molecule has 0 rings (SSSR count). The van der Waals surface area contributed by atoms with Gasteiger partial charge in [-0.3, -0.25) is 4.79 Å². The molecule has 0 aliphatic rings.